The lowest BCUT2D eigenvalue weighted by atomic mass is 10.1. The Morgan fingerprint density at radius 2 is 2.28 bits per heavy atom. The number of hydrogen-bond acceptors (Lipinski definition) is 4. The zero-order valence-electron chi connectivity index (χ0n) is 9.50. The van der Waals surface area contributed by atoms with Gasteiger partial charge < -0.3 is 9.72 Å². The number of aromatic nitrogens is 1. The minimum atomic E-state index is -2.96. The van der Waals surface area contributed by atoms with Gasteiger partial charge in [-0.05, 0) is 6.92 Å². The van der Waals surface area contributed by atoms with E-state index < -0.39 is 35.5 Å². The Kier molecular flexibility index (Phi) is 4.54. The summed E-state index contributed by atoms with van der Waals surface area (Å²) >= 11 is 0. The predicted molar refractivity (Wildman–Crippen MR) is 57.1 cm³/mol. The van der Waals surface area contributed by atoms with Crippen LogP contribution in [0.2, 0.25) is 0 Å². The van der Waals surface area contributed by atoms with Gasteiger partial charge in [-0.25, -0.2) is 8.78 Å². The van der Waals surface area contributed by atoms with Crippen molar-refractivity contribution in [3.63, 3.8) is 0 Å². The Morgan fingerprint density at radius 3 is 2.78 bits per heavy atom. The molecular formula is C11H10F2N2O3. The maximum atomic E-state index is 12.6. The Hall–Kier alpha value is -2.23. The van der Waals surface area contributed by atoms with E-state index in [2.05, 4.69) is 9.72 Å². The minimum absolute atomic E-state index is 0.124. The fraction of sp³-hybridized carbons (Fsp3) is 0.364. The number of ether oxygens (including phenoxy) is 1. The van der Waals surface area contributed by atoms with Crippen LogP contribution in [-0.4, -0.2) is 17.6 Å². The number of alkyl halides is 2. The highest BCUT2D eigenvalue weighted by Crippen LogP contribution is 2.22. The van der Waals surface area contributed by atoms with E-state index in [-0.39, 0.29) is 12.3 Å². The van der Waals surface area contributed by atoms with E-state index in [1.807, 2.05) is 0 Å². The molecule has 0 saturated heterocycles. The number of carbonyl (C=O) groups is 1. The topological polar surface area (TPSA) is 83.0 Å². The van der Waals surface area contributed by atoms with Crippen molar-refractivity contribution in [1.82, 2.24) is 4.98 Å². The number of esters is 1. The number of carbonyl (C=O) groups excluding carboxylic acids is 1. The van der Waals surface area contributed by atoms with Gasteiger partial charge in [0.1, 0.15) is 6.07 Å². The molecule has 1 aromatic rings. The zero-order valence-corrected chi connectivity index (χ0v) is 9.50. The largest absolute Gasteiger partial charge is 0.466 e. The lowest BCUT2D eigenvalue weighted by molar-refractivity contribution is -0.142. The number of pyridine rings is 1. The molecule has 1 rings (SSSR count). The molecular weight excluding hydrogens is 246 g/mol. The monoisotopic (exact) mass is 256 g/mol. The first-order chi connectivity index (χ1) is 8.49. The molecule has 1 N–H and O–H groups in total. The van der Waals surface area contributed by atoms with Crippen LogP contribution in [0.1, 0.15) is 30.2 Å². The Labute approximate surface area is 101 Å². The first-order valence-corrected chi connectivity index (χ1v) is 5.09. The van der Waals surface area contributed by atoms with Crippen LogP contribution in [0.15, 0.2) is 10.9 Å². The number of nitrogens with one attached hydrogen (secondary N) is 1. The third-order valence-electron chi connectivity index (χ3n) is 2.12. The summed E-state index contributed by atoms with van der Waals surface area (Å²) in [5.41, 5.74) is -2.01. The molecule has 0 unspecified atom stereocenters. The standard InChI is InChI=1S/C11H10F2N2O3/c1-2-18-10(17)4-8-7(5-14)6(11(12)13)3-9(16)15-8/h3,11H,2,4H2,1H3,(H,15,16). The molecule has 0 bridgehead atoms. The van der Waals surface area contributed by atoms with E-state index in [9.17, 15) is 18.4 Å². The van der Waals surface area contributed by atoms with Gasteiger partial charge in [-0.1, -0.05) is 0 Å². The molecule has 1 aromatic heterocycles. The second-order valence-electron chi connectivity index (χ2n) is 3.34. The molecule has 0 fully saturated rings. The maximum Gasteiger partial charge on any atom is 0.311 e. The highest BCUT2D eigenvalue weighted by atomic mass is 19.3. The highest BCUT2D eigenvalue weighted by Gasteiger charge is 2.19. The molecule has 0 saturated carbocycles. The number of H-pyrrole nitrogens is 1. The van der Waals surface area contributed by atoms with E-state index in [1.165, 1.54) is 0 Å². The fourth-order valence-electron chi connectivity index (χ4n) is 1.43. The minimum Gasteiger partial charge on any atom is -0.466 e. The molecule has 0 aliphatic heterocycles. The molecule has 7 heteroatoms. The number of rotatable bonds is 4. The van der Waals surface area contributed by atoms with Gasteiger partial charge in [-0.2, -0.15) is 5.26 Å². The first kappa shape index (κ1) is 13.8. The van der Waals surface area contributed by atoms with Crippen LogP contribution in [0.4, 0.5) is 8.78 Å². The van der Waals surface area contributed by atoms with Gasteiger partial charge in [0.2, 0.25) is 5.56 Å². The second-order valence-corrected chi connectivity index (χ2v) is 3.34. The third kappa shape index (κ3) is 3.13. The number of nitriles is 1. The smallest absolute Gasteiger partial charge is 0.311 e. The van der Waals surface area contributed by atoms with Crippen LogP contribution in [0.25, 0.3) is 0 Å². The van der Waals surface area contributed by atoms with Crippen molar-refractivity contribution in [3.8, 4) is 6.07 Å². The van der Waals surface area contributed by atoms with Gasteiger partial charge in [0.05, 0.1) is 18.6 Å². The lowest BCUT2D eigenvalue weighted by Crippen LogP contribution is -2.17. The van der Waals surface area contributed by atoms with Gasteiger partial charge in [0.15, 0.2) is 0 Å². The molecule has 0 radical (unpaired) electrons. The summed E-state index contributed by atoms with van der Waals surface area (Å²) in [6.45, 7) is 1.71. The van der Waals surface area contributed by atoms with Crippen LogP contribution in [0, 0.1) is 11.3 Å². The van der Waals surface area contributed by atoms with Crippen LogP contribution in [0.5, 0.6) is 0 Å². The lowest BCUT2D eigenvalue weighted by Gasteiger charge is -2.08. The number of nitrogens with zero attached hydrogens (tertiary/aromatic N) is 1. The van der Waals surface area contributed by atoms with Crippen LogP contribution in [-0.2, 0) is 16.0 Å². The van der Waals surface area contributed by atoms with Crippen molar-refractivity contribution in [2.45, 2.75) is 19.8 Å². The first-order valence-electron chi connectivity index (χ1n) is 5.09. The molecule has 0 aliphatic rings. The summed E-state index contributed by atoms with van der Waals surface area (Å²) in [4.78, 5) is 24.6. The highest BCUT2D eigenvalue weighted by molar-refractivity contribution is 5.73. The predicted octanol–water partition coefficient (Wildman–Crippen LogP) is 1.29. The van der Waals surface area contributed by atoms with Crippen molar-refractivity contribution in [2.75, 3.05) is 6.61 Å². The number of halogens is 2. The van der Waals surface area contributed by atoms with Gasteiger partial charge >= 0.3 is 5.97 Å². The SMILES string of the molecule is CCOC(=O)Cc1[nH]c(=O)cc(C(F)F)c1C#N. The van der Waals surface area contributed by atoms with Crippen molar-refractivity contribution in [3.05, 3.63) is 33.2 Å². The van der Waals surface area contributed by atoms with E-state index in [4.69, 9.17) is 5.26 Å². The fourth-order valence-corrected chi connectivity index (χ4v) is 1.43. The van der Waals surface area contributed by atoms with Gasteiger partial charge in [-0.15, -0.1) is 0 Å². The van der Waals surface area contributed by atoms with Crippen molar-refractivity contribution in [1.29, 1.82) is 5.26 Å². The Morgan fingerprint density at radius 1 is 1.61 bits per heavy atom. The molecule has 0 spiro atoms. The number of hydrogen-bond donors (Lipinski definition) is 1. The average molecular weight is 256 g/mol. The summed E-state index contributed by atoms with van der Waals surface area (Å²) in [5, 5.41) is 8.82. The van der Waals surface area contributed by atoms with Crippen LogP contribution in [0.3, 0.4) is 0 Å². The van der Waals surface area contributed by atoms with E-state index >= 15 is 0 Å². The van der Waals surface area contributed by atoms with Crippen molar-refractivity contribution in [2.24, 2.45) is 0 Å². The Balaban J connectivity index is 3.23. The van der Waals surface area contributed by atoms with Crippen molar-refractivity contribution >= 4 is 5.97 Å². The normalized spacial score (nSPS) is 10.2. The van der Waals surface area contributed by atoms with Gasteiger partial charge in [-0.3, -0.25) is 9.59 Å². The molecule has 0 atom stereocenters. The molecule has 0 aliphatic carbocycles. The van der Waals surface area contributed by atoms with E-state index in [0.29, 0.717) is 6.07 Å². The molecule has 0 amide bonds. The molecule has 0 aromatic carbocycles. The average Bonchev–Trinajstić information content (AvgIpc) is 2.28. The number of aromatic amines is 1. The summed E-state index contributed by atoms with van der Waals surface area (Å²) in [5.74, 6) is -0.698. The summed E-state index contributed by atoms with van der Waals surface area (Å²) < 4.78 is 29.9. The van der Waals surface area contributed by atoms with Crippen LogP contribution < -0.4 is 5.56 Å². The Bertz CT molecular complexity index is 546. The van der Waals surface area contributed by atoms with Gasteiger partial charge in [0.25, 0.3) is 6.43 Å². The maximum absolute atomic E-state index is 12.6. The van der Waals surface area contributed by atoms with Gasteiger partial charge in [0, 0.05) is 17.3 Å². The molecule has 1 heterocycles. The second kappa shape index (κ2) is 5.91. The summed E-state index contributed by atoms with van der Waals surface area (Å²) in [7, 11) is 0. The molecule has 18 heavy (non-hydrogen) atoms. The molecule has 5 nitrogen and oxygen atoms in total. The van der Waals surface area contributed by atoms with E-state index in [1.54, 1.807) is 13.0 Å². The van der Waals surface area contributed by atoms with Crippen molar-refractivity contribution < 1.29 is 18.3 Å². The third-order valence-corrected chi connectivity index (χ3v) is 2.12. The summed E-state index contributed by atoms with van der Waals surface area (Å²) in [6, 6.07) is 2.21. The molecule has 96 valence electrons. The quantitative estimate of drug-likeness (QED) is 0.823. The van der Waals surface area contributed by atoms with Crippen LogP contribution >= 0.6 is 0 Å². The van der Waals surface area contributed by atoms with E-state index in [0.717, 1.165) is 0 Å². The summed E-state index contributed by atoms with van der Waals surface area (Å²) in [6.07, 6.45) is -3.38. The zero-order chi connectivity index (χ0) is 13.7.